The molecule has 15 heteroatoms. The molecule has 0 aliphatic rings. The van der Waals surface area contributed by atoms with Gasteiger partial charge in [0.1, 0.15) is 30.4 Å². The van der Waals surface area contributed by atoms with Gasteiger partial charge in [0.25, 0.3) is 11.6 Å². The van der Waals surface area contributed by atoms with Crippen LogP contribution >= 0.6 is 0 Å². The van der Waals surface area contributed by atoms with Crippen LogP contribution in [0, 0.1) is 26.6 Å². The van der Waals surface area contributed by atoms with E-state index >= 15 is 0 Å². The molecule has 4 aromatic rings. The number of aromatic hydroxyl groups is 1. The number of hydrogen-bond donors (Lipinski definition) is 3. The number of methoxy groups -OCH3 is 1. The summed E-state index contributed by atoms with van der Waals surface area (Å²) in [7, 11) is -2.16. The van der Waals surface area contributed by atoms with Crippen LogP contribution in [0.1, 0.15) is 154 Å². The first-order valence-electron chi connectivity index (χ1n) is 27.5. The van der Waals surface area contributed by atoms with Crippen molar-refractivity contribution in [2.75, 3.05) is 32.2 Å². The lowest BCUT2D eigenvalue weighted by molar-refractivity contribution is -0.138. The fourth-order valence-electron chi connectivity index (χ4n) is 7.54. The summed E-state index contributed by atoms with van der Waals surface area (Å²) in [6, 6.07) is 26.2. The van der Waals surface area contributed by atoms with Gasteiger partial charge < -0.3 is 24.2 Å². The van der Waals surface area contributed by atoms with E-state index in [2.05, 4.69) is 51.1 Å². The minimum absolute atomic E-state index is 0.00428. The molecule has 0 heterocycles. The summed E-state index contributed by atoms with van der Waals surface area (Å²) in [5.41, 5.74) is 8.32. The summed E-state index contributed by atoms with van der Waals surface area (Å²) in [5, 5.41) is 9.46. The molecule has 0 fully saturated rings. The number of phenols is 1. The van der Waals surface area contributed by atoms with Crippen molar-refractivity contribution < 1.29 is 37.3 Å². The molecule has 0 spiro atoms. The molecule has 0 bridgehead atoms. The van der Waals surface area contributed by atoms with Gasteiger partial charge in [-0.2, -0.15) is 9.69 Å². The summed E-state index contributed by atoms with van der Waals surface area (Å²) < 4.78 is 41.8. The van der Waals surface area contributed by atoms with E-state index in [1.807, 2.05) is 50.4 Å². The van der Waals surface area contributed by atoms with E-state index in [0.717, 1.165) is 61.3 Å². The molecular weight excluding hydrogens is 1000 g/mol. The minimum Gasteiger partial charge on any atom is -0.508 e. The number of unbranched alkanes of at least 4 members (excludes halogenated alkanes) is 13. The Morgan fingerprint density at radius 3 is 1.68 bits per heavy atom. The van der Waals surface area contributed by atoms with Gasteiger partial charge in [0.05, 0.1) is 35.8 Å². The Balaban J connectivity index is 0.000000448. The minimum atomic E-state index is -3.74. The first-order valence-corrected chi connectivity index (χ1v) is 29.0. The van der Waals surface area contributed by atoms with E-state index in [1.165, 1.54) is 126 Å². The Morgan fingerprint density at radius 1 is 0.654 bits per heavy atom. The molecule has 78 heavy (non-hydrogen) atoms. The number of nitrogens with zero attached hydrogens (tertiary/aromatic N) is 4. The number of hydrogen-bond acceptors (Lipinski definition) is 10. The van der Waals surface area contributed by atoms with E-state index in [9.17, 15) is 23.1 Å². The van der Waals surface area contributed by atoms with E-state index < -0.39 is 21.9 Å². The second-order valence-electron chi connectivity index (χ2n) is 18.6. The quantitative estimate of drug-likeness (QED) is 0.0105. The first kappa shape index (κ1) is 66.6. The van der Waals surface area contributed by atoms with Crippen molar-refractivity contribution in [2.45, 2.75) is 166 Å². The maximum Gasteiger partial charge on any atom is 0.519 e. The van der Waals surface area contributed by atoms with Crippen molar-refractivity contribution in [1.29, 1.82) is 0 Å². The number of hydrazine groups is 1. The normalized spacial score (nSPS) is 11.2. The summed E-state index contributed by atoms with van der Waals surface area (Å²) in [6.07, 6.45) is 26.9. The smallest absolute Gasteiger partial charge is 0.508 e. The lowest BCUT2D eigenvalue weighted by Crippen LogP contribution is -2.41. The third kappa shape index (κ3) is 28.0. The van der Waals surface area contributed by atoms with Crippen LogP contribution in [0.4, 0.5) is 5.69 Å². The van der Waals surface area contributed by atoms with E-state index in [4.69, 9.17) is 33.9 Å². The van der Waals surface area contributed by atoms with E-state index in [1.54, 1.807) is 49.6 Å². The molecular formula is C63H84N6O8S. The molecule has 0 saturated heterocycles. The highest BCUT2D eigenvalue weighted by Gasteiger charge is 2.22. The standard InChI is InChI=1S/C31H40N2O5S.C18H29N3.C14H15NO3/c1-3-4-5-6-7-8-9-10-11-30(31(35)33-32-25-14-12-24(2)13-15-25)38-27-18-22-29(23-19-27)39(36,37)28-20-16-26(34)17-21-28;1-5-7-9-11-15-21(16-12-10-8-6-2)17-13-14-18(19-3)20-4;1-4-9-18-14(16)13(15-2)10-11-5-7-12(17-3)8-6-11/h12-23,30,32,34H,3-11H2,1-2H3,(H,33,35);13-14,17H,5-12,15-16H2,1-2H3;5-8,10H,4,9H2,1,3H3/b;17-13-;13-10-. The van der Waals surface area contributed by atoms with Crippen molar-refractivity contribution in [1.82, 2.24) is 10.3 Å². The molecule has 0 saturated carbocycles. The topological polar surface area (TPSA) is 157 Å². The lowest BCUT2D eigenvalue weighted by atomic mass is 10.1. The highest BCUT2D eigenvalue weighted by molar-refractivity contribution is 7.91. The van der Waals surface area contributed by atoms with E-state index in [-0.39, 0.29) is 33.0 Å². The molecule has 0 aliphatic carbocycles. The summed E-state index contributed by atoms with van der Waals surface area (Å²) in [5.74, 6) is 0.389. The van der Waals surface area contributed by atoms with Gasteiger partial charge in [-0.25, -0.2) is 13.3 Å². The molecule has 0 aliphatic heterocycles. The van der Waals surface area contributed by atoms with Crippen LogP contribution in [0.15, 0.2) is 137 Å². The molecule has 4 aromatic carbocycles. The van der Waals surface area contributed by atoms with Crippen molar-refractivity contribution in [3.63, 3.8) is 0 Å². The maximum absolute atomic E-state index is 13.0. The third-order valence-corrected chi connectivity index (χ3v) is 13.9. The number of benzene rings is 4. The average Bonchev–Trinajstić information content (AvgIpc) is 3.47. The molecule has 14 nitrogen and oxygen atoms in total. The van der Waals surface area contributed by atoms with Gasteiger partial charge in [0.15, 0.2) is 6.10 Å². The number of anilines is 1. The Hall–Kier alpha value is -7.54. The zero-order chi connectivity index (χ0) is 57.2. The number of phenolic OH excluding ortho intramolecular Hbond substituents is 1. The van der Waals surface area contributed by atoms with Crippen molar-refractivity contribution in [3.8, 4) is 17.2 Å². The number of aryl methyl sites for hydroxylation is 1. The highest BCUT2D eigenvalue weighted by atomic mass is 32.2. The Kier molecular flexibility index (Phi) is 34.7. The molecule has 4 rings (SSSR count). The predicted molar refractivity (Wildman–Crippen MR) is 314 cm³/mol. The Bertz CT molecular complexity index is 2620. The lowest BCUT2D eigenvalue weighted by Gasteiger charge is -2.20. The fourth-order valence-corrected chi connectivity index (χ4v) is 8.80. The van der Waals surface area contributed by atoms with Crippen molar-refractivity contribution in [3.05, 3.63) is 172 Å². The molecule has 1 amide bonds. The fraction of sp³-hybridized carbons (Fsp3) is 0.444. The zero-order valence-electron chi connectivity index (χ0n) is 47.0. The molecule has 0 aromatic heterocycles. The molecule has 1 atom stereocenters. The van der Waals surface area contributed by atoms with Crippen LogP contribution in [-0.4, -0.2) is 63.2 Å². The largest absolute Gasteiger partial charge is 0.519 e. The SMILES string of the molecule is CCCCCCCCCCC(Oc1ccc(S(=O)(=O)c2ccc(O)cc2)cc1)C(=O)NNc1ccc(C)cc1.[C-]#[N+]/C(=C\c1ccc(OC)cc1)C(=O)OCCC.[C-]#[N+]C(=C/C=C\N(CCCCCC)CCCCCC)[N+]#[C-]. The molecule has 420 valence electrons. The predicted octanol–water partition coefficient (Wildman–Crippen LogP) is 15.5. The third-order valence-electron chi connectivity index (χ3n) is 12.1. The monoisotopic (exact) mass is 1080 g/mol. The second kappa shape index (κ2) is 40.7. The summed E-state index contributed by atoms with van der Waals surface area (Å²) >= 11 is 0. The van der Waals surface area contributed by atoms with Gasteiger partial charge in [-0.05, 0) is 136 Å². The second-order valence-corrected chi connectivity index (χ2v) is 20.6. The highest BCUT2D eigenvalue weighted by Crippen LogP contribution is 2.26. The number of allylic oxidation sites excluding steroid dienone is 2. The van der Waals surface area contributed by atoms with Gasteiger partial charge in [0.2, 0.25) is 9.84 Å². The summed E-state index contributed by atoms with van der Waals surface area (Å²) in [4.78, 5) is 36.6. The number of nitrogens with one attached hydrogen (secondary N) is 2. The first-order chi connectivity index (χ1) is 37.8. The van der Waals surface area contributed by atoms with Gasteiger partial charge in [-0.15, -0.1) is 0 Å². The van der Waals surface area contributed by atoms with Crippen LogP contribution in [0.2, 0.25) is 0 Å². The van der Waals surface area contributed by atoms with E-state index in [0.29, 0.717) is 18.8 Å². The number of carbonyl (C=O) groups is 2. The number of carbonyl (C=O) groups excluding carboxylic acids is 2. The Labute approximate surface area is 466 Å². The van der Waals surface area contributed by atoms with Crippen molar-refractivity contribution in [2.24, 2.45) is 0 Å². The van der Waals surface area contributed by atoms with Crippen molar-refractivity contribution >= 4 is 33.5 Å². The van der Waals surface area contributed by atoms with Gasteiger partial charge in [0, 0.05) is 19.2 Å². The van der Waals surface area contributed by atoms with Crippen LogP contribution in [0.25, 0.3) is 20.6 Å². The van der Waals surface area contributed by atoms with Crippen LogP contribution in [-0.2, 0) is 24.2 Å². The molecule has 3 N–H and O–H groups in total. The Morgan fingerprint density at radius 2 is 1.17 bits per heavy atom. The average molecular weight is 1090 g/mol. The zero-order valence-corrected chi connectivity index (χ0v) is 47.8. The van der Waals surface area contributed by atoms with Crippen LogP contribution in [0.5, 0.6) is 17.2 Å². The number of sulfone groups is 1. The maximum atomic E-state index is 13.0. The van der Waals surface area contributed by atoms with Crippen LogP contribution < -0.4 is 20.3 Å². The van der Waals surface area contributed by atoms with Gasteiger partial charge in [-0.1, -0.05) is 141 Å². The summed E-state index contributed by atoms with van der Waals surface area (Å²) in [6.45, 7) is 33.7. The van der Waals surface area contributed by atoms with Crippen LogP contribution in [0.3, 0.4) is 0 Å². The number of esters is 1. The van der Waals surface area contributed by atoms with Gasteiger partial charge in [-0.3, -0.25) is 20.4 Å². The molecule has 1 unspecified atom stereocenters. The number of rotatable bonds is 33. The van der Waals surface area contributed by atoms with Gasteiger partial charge >= 0.3 is 11.8 Å². The number of amides is 1. The molecule has 0 radical (unpaired) electrons. The number of ether oxygens (including phenoxy) is 3.